The molecule has 178 valence electrons. The quantitative estimate of drug-likeness (QED) is 0.364. The van der Waals surface area contributed by atoms with Gasteiger partial charge in [-0.3, -0.25) is 0 Å². The molecule has 0 atom stereocenters. The van der Waals surface area contributed by atoms with Crippen molar-refractivity contribution in [2.45, 2.75) is 53.0 Å². The number of ether oxygens (including phenoxy) is 3. The third kappa shape index (κ3) is 6.92. The highest BCUT2D eigenvalue weighted by Crippen LogP contribution is 2.37. The van der Waals surface area contributed by atoms with Crippen molar-refractivity contribution < 1.29 is 41.8 Å². The Labute approximate surface area is 193 Å². The molecule has 10 heteroatoms. The summed E-state index contributed by atoms with van der Waals surface area (Å²) in [4.78, 5) is 37.2. The number of alkyl halides is 3. The van der Waals surface area contributed by atoms with Crippen molar-refractivity contribution in [1.82, 2.24) is 0 Å². The highest BCUT2D eigenvalue weighted by atomic mass is 32.1. The molecule has 2 aromatic rings. The number of carbonyl (C=O) groups is 3. The summed E-state index contributed by atoms with van der Waals surface area (Å²) in [5.41, 5.74) is -0.968. The Bertz CT molecular complexity index is 1070. The van der Waals surface area contributed by atoms with E-state index in [1.54, 1.807) is 27.7 Å². The predicted molar refractivity (Wildman–Crippen MR) is 116 cm³/mol. The van der Waals surface area contributed by atoms with Crippen molar-refractivity contribution in [1.29, 1.82) is 0 Å². The Kier molecular flexibility index (Phi) is 8.43. The van der Waals surface area contributed by atoms with Gasteiger partial charge < -0.3 is 14.2 Å². The van der Waals surface area contributed by atoms with Gasteiger partial charge in [0.25, 0.3) is 0 Å². The first-order valence-corrected chi connectivity index (χ1v) is 10.7. The molecule has 0 aliphatic rings. The van der Waals surface area contributed by atoms with Gasteiger partial charge in [-0.1, -0.05) is 18.2 Å². The number of halogens is 3. The van der Waals surface area contributed by atoms with Crippen molar-refractivity contribution in [3.63, 3.8) is 0 Å². The number of hydrogen-bond acceptors (Lipinski definition) is 7. The first kappa shape index (κ1) is 26.1. The second kappa shape index (κ2) is 10.7. The van der Waals surface area contributed by atoms with E-state index < -0.39 is 41.9 Å². The largest absolute Gasteiger partial charge is 0.459 e. The van der Waals surface area contributed by atoms with E-state index in [1.807, 2.05) is 0 Å². The number of thiophene rings is 1. The van der Waals surface area contributed by atoms with Crippen LogP contribution in [0.3, 0.4) is 0 Å². The summed E-state index contributed by atoms with van der Waals surface area (Å²) in [5, 5.41) is 0. The van der Waals surface area contributed by atoms with Gasteiger partial charge >= 0.3 is 24.1 Å². The summed E-state index contributed by atoms with van der Waals surface area (Å²) in [6.07, 6.45) is -3.73. The molecule has 33 heavy (non-hydrogen) atoms. The lowest BCUT2D eigenvalue weighted by Crippen LogP contribution is -2.13. The van der Waals surface area contributed by atoms with E-state index in [-0.39, 0.29) is 26.6 Å². The van der Waals surface area contributed by atoms with E-state index in [0.29, 0.717) is 0 Å². The van der Waals surface area contributed by atoms with Crippen LogP contribution in [0.2, 0.25) is 0 Å². The third-order valence-corrected chi connectivity index (χ3v) is 5.25. The fourth-order valence-corrected chi connectivity index (χ4v) is 3.68. The molecule has 0 fully saturated rings. The van der Waals surface area contributed by atoms with Crippen LogP contribution in [0.15, 0.2) is 30.3 Å². The number of benzene rings is 1. The second-order valence-electron chi connectivity index (χ2n) is 7.46. The van der Waals surface area contributed by atoms with Gasteiger partial charge in [-0.2, -0.15) is 13.2 Å². The van der Waals surface area contributed by atoms with Crippen LogP contribution in [0.1, 0.15) is 63.7 Å². The normalized spacial score (nSPS) is 11.8. The van der Waals surface area contributed by atoms with Crippen molar-refractivity contribution in [3.05, 3.63) is 56.8 Å². The number of hydrogen-bond donors (Lipinski definition) is 0. The zero-order valence-electron chi connectivity index (χ0n) is 18.6. The topological polar surface area (TPSA) is 78.9 Å². The summed E-state index contributed by atoms with van der Waals surface area (Å²) in [5.74, 6) is -2.76. The lowest BCUT2D eigenvalue weighted by molar-refractivity contribution is -0.137. The van der Waals surface area contributed by atoms with Gasteiger partial charge in [0.1, 0.15) is 4.88 Å². The average Bonchev–Trinajstić information content (AvgIpc) is 3.01. The van der Waals surface area contributed by atoms with Gasteiger partial charge in [0.2, 0.25) is 0 Å². The van der Waals surface area contributed by atoms with E-state index in [4.69, 9.17) is 14.2 Å². The van der Waals surface area contributed by atoms with Crippen LogP contribution >= 0.6 is 11.3 Å². The minimum absolute atomic E-state index is 0.0496. The van der Waals surface area contributed by atoms with Crippen LogP contribution in [0, 0.1) is 6.92 Å². The fourth-order valence-electron chi connectivity index (χ4n) is 2.68. The number of esters is 3. The fraction of sp³-hybridized carbons (Fsp3) is 0.348. The van der Waals surface area contributed by atoms with Gasteiger partial charge in [0.05, 0.1) is 17.8 Å². The Balaban J connectivity index is 2.38. The molecule has 1 heterocycles. The smallest absolute Gasteiger partial charge is 0.416 e. The van der Waals surface area contributed by atoms with Crippen LogP contribution in [-0.4, -0.2) is 30.1 Å². The standard InChI is InChI=1S/C23H23F3O6S/c1-12(2)30-21(28)19-14(5)18(20(33-19)22(29)31-13(3)4)32-17(27)11-10-15-8-6-7-9-16(15)23(24,25)26/h6-13H,1-5H3/b11-10+. The molecule has 0 aliphatic heterocycles. The first-order valence-electron chi connectivity index (χ1n) is 9.92. The molecule has 6 nitrogen and oxygen atoms in total. The Morgan fingerprint density at radius 3 is 2.03 bits per heavy atom. The highest BCUT2D eigenvalue weighted by molar-refractivity contribution is 7.16. The molecule has 0 spiro atoms. The van der Waals surface area contributed by atoms with E-state index in [9.17, 15) is 27.6 Å². The number of rotatable bonds is 7. The minimum Gasteiger partial charge on any atom is -0.459 e. The molecule has 0 unspecified atom stereocenters. The summed E-state index contributed by atoms with van der Waals surface area (Å²) < 4.78 is 55.0. The molecule has 0 radical (unpaired) electrons. The minimum atomic E-state index is -4.60. The summed E-state index contributed by atoms with van der Waals surface area (Å²) in [6, 6.07) is 4.72. The highest BCUT2D eigenvalue weighted by Gasteiger charge is 2.32. The van der Waals surface area contributed by atoms with Gasteiger partial charge in [-0.05, 0) is 52.3 Å². The molecular formula is C23H23F3O6S. The van der Waals surface area contributed by atoms with Crippen LogP contribution in [-0.2, 0) is 20.4 Å². The SMILES string of the molecule is Cc1c(C(=O)OC(C)C)sc(C(=O)OC(C)C)c1OC(=O)/C=C/c1ccccc1C(F)(F)F. The molecule has 0 bridgehead atoms. The lowest BCUT2D eigenvalue weighted by atomic mass is 10.1. The van der Waals surface area contributed by atoms with Crippen molar-refractivity contribution >= 4 is 35.3 Å². The molecule has 1 aromatic heterocycles. The summed E-state index contributed by atoms with van der Waals surface area (Å²) in [7, 11) is 0. The van der Waals surface area contributed by atoms with Crippen LogP contribution in [0.5, 0.6) is 5.75 Å². The monoisotopic (exact) mass is 484 g/mol. The average molecular weight is 484 g/mol. The molecule has 0 aliphatic carbocycles. The van der Waals surface area contributed by atoms with Gasteiger partial charge in [-0.15, -0.1) is 11.3 Å². The van der Waals surface area contributed by atoms with E-state index in [0.717, 1.165) is 29.6 Å². The van der Waals surface area contributed by atoms with Crippen LogP contribution in [0.4, 0.5) is 13.2 Å². The van der Waals surface area contributed by atoms with Gasteiger partial charge in [0.15, 0.2) is 10.6 Å². The zero-order chi connectivity index (χ0) is 24.9. The maximum Gasteiger partial charge on any atom is 0.416 e. The first-order chi connectivity index (χ1) is 15.3. The number of carbonyl (C=O) groups excluding carboxylic acids is 3. The van der Waals surface area contributed by atoms with Crippen molar-refractivity contribution in [2.75, 3.05) is 0 Å². The van der Waals surface area contributed by atoms with E-state index >= 15 is 0 Å². The summed E-state index contributed by atoms with van der Waals surface area (Å²) >= 11 is 0.749. The predicted octanol–water partition coefficient (Wildman–Crippen LogP) is 5.82. The Hall–Kier alpha value is -3.14. The second-order valence-corrected chi connectivity index (χ2v) is 8.48. The Morgan fingerprint density at radius 2 is 1.48 bits per heavy atom. The molecule has 2 rings (SSSR count). The van der Waals surface area contributed by atoms with Crippen molar-refractivity contribution in [2.24, 2.45) is 0 Å². The Morgan fingerprint density at radius 1 is 0.939 bits per heavy atom. The molecule has 0 amide bonds. The summed E-state index contributed by atoms with van der Waals surface area (Å²) in [6.45, 7) is 8.01. The van der Waals surface area contributed by atoms with Gasteiger partial charge in [-0.25, -0.2) is 14.4 Å². The van der Waals surface area contributed by atoms with Crippen LogP contribution in [0.25, 0.3) is 6.08 Å². The molecule has 1 aromatic carbocycles. The lowest BCUT2D eigenvalue weighted by Gasteiger charge is -2.10. The maximum atomic E-state index is 13.1. The third-order valence-electron chi connectivity index (χ3n) is 4.02. The molecular weight excluding hydrogens is 461 g/mol. The van der Waals surface area contributed by atoms with E-state index in [1.165, 1.54) is 25.1 Å². The molecule has 0 saturated heterocycles. The van der Waals surface area contributed by atoms with Crippen LogP contribution < -0.4 is 4.74 Å². The van der Waals surface area contributed by atoms with E-state index in [2.05, 4.69) is 0 Å². The molecule has 0 saturated carbocycles. The maximum absolute atomic E-state index is 13.1. The molecule has 0 N–H and O–H groups in total. The van der Waals surface area contributed by atoms with Crippen molar-refractivity contribution in [3.8, 4) is 5.75 Å². The zero-order valence-corrected chi connectivity index (χ0v) is 19.4. The van der Waals surface area contributed by atoms with Gasteiger partial charge in [0, 0.05) is 11.6 Å².